The Kier molecular flexibility index (Phi) is 3.47. The van der Waals surface area contributed by atoms with Crippen LogP contribution in [0.25, 0.3) is 22.1 Å². The lowest BCUT2D eigenvalue weighted by Crippen LogP contribution is -2.22. The van der Waals surface area contributed by atoms with Crippen molar-refractivity contribution in [3.05, 3.63) is 73.0 Å². The summed E-state index contributed by atoms with van der Waals surface area (Å²) in [6, 6.07) is 12.0. The van der Waals surface area contributed by atoms with Crippen LogP contribution < -0.4 is 14.8 Å². The molecule has 25 heavy (non-hydrogen) atoms. The summed E-state index contributed by atoms with van der Waals surface area (Å²) < 4.78 is 7.02. The number of rotatable bonds is 3. The van der Waals surface area contributed by atoms with Crippen LogP contribution >= 0.6 is 11.3 Å². The Morgan fingerprint density at radius 1 is 1.28 bits per heavy atom. The molecule has 0 fully saturated rings. The van der Waals surface area contributed by atoms with E-state index in [1.807, 2.05) is 24.3 Å². The normalized spacial score (nSPS) is 12.1. The fourth-order valence-corrected chi connectivity index (χ4v) is 3.69. The maximum absolute atomic E-state index is 12.7. The topological polar surface area (TPSA) is 86.7 Å². The van der Waals surface area contributed by atoms with Crippen molar-refractivity contribution >= 4 is 39.1 Å². The number of hydrogen-bond acceptors (Lipinski definition) is 6. The second-order valence-electron chi connectivity index (χ2n) is 5.32. The number of aromatic nitrogens is 2. The van der Waals surface area contributed by atoms with Gasteiger partial charge in [0.25, 0.3) is 5.56 Å². The number of nitrogens with zero attached hydrogens (tertiary/aromatic N) is 3. The molecule has 0 saturated heterocycles. The molecule has 0 unspecified atom stereocenters. The van der Waals surface area contributed by atoms with Gasteiger partial charge in [-0.1, -0.05) is 29.5 Å². The molecule has 7 nitrogen and oxygen atoms in total. The van der Waals surface area contributed by atoms with Gasteiger partial charge in [-0.2, -0.15) is 0 Å². The van der Waals surface area contributed by atoms with Crippen LogP contribution in [-0.4, -0.2) is 21.4 Å². The molecule has 124 valence electrons. The highest BCUT2D eigenvalue weighted by molar-refractivity contribution is 7.15. The molecule has 0 saturated carbocycles. The summed E-state index contributed by atoms with van der Waals surface area (Å²) in [4.78, 5) is 28.4. The SMILES string of the molecule is COc1ccc(/C=c2\sc3nc4ccccc4n3c2=O)cc1[N+](=O)[O-]. The first kappa shape index (κ1) is 15.3. The first-order chi connectivity index (χ1) is 12.1. The van der Waals surface area contributed by atoms with Crippen LogP contribution in [0, 0.1) is 10.1 Å². The molecule has 0 aliphatic rings. The Hall–Kier alpha value is -3.26. The molecule has 0 aliphatic heterocycles. The largest absolute Gasteiger partial charge is 0.490 e. The van der Waals surface area contributed by atoms with Crippen LogP contribution in [0.15, 0.2) is 47.3 Å². The van der Waals surface area contributed by atoms with Crippen LogP contribution in [0.4, 0.5) is 5.69 Å². The van der Waals surface area contributed by atoms with E-state index >= 15 is 0 Å². The highest BCUT2D eigenvalue weighted by Crippen LogP contribution is 2.27. The van der Waals surface area contributed by atoms with Crippen molar-refractivity contribution in [3.63, 3.8) is 0 Å². The van der Waals surface area contributed by atoms with Crippen LogP contribution in [0.5, 0.6) is 5.75 Å². The van der Waals surface area contributed by atoms with Gasteiger partial charge in [-0.05, 0) is 29.8 Å². The van der Waals surface area contributed by atoms with Crippen molar-refractivity contribution < 1.29 is 9.66 Å². The van der Waals surface area contributed by atoms with Crippen LogP contribution in [-0.2, 0) is 0 Å². The van der Waals surface area contributed by atoms with Crippen molar-refractivity contribution in [2.24, 2.45) is 0 Å². The van der Waals surface area contributed by atoms with E-state index in [1.165, 1.54) is 30.6 Å². The van der Waals surface area contributed by atoms with Gasteiger partial charge in [-0.3, -0.25) is 14.9 Å². The third kappa shape index (κ3) is 2.43. The van der Waals surface area contributed by atoms with E-state index < -0.39 is 4.92 Å². The number of nitro benzene ring substituents is 1. The zero-order valence-corrected chi connectivity index (χ0v) is 13.8. The molecule has 0 amide bonds. The average Bonchev–Trinajstić information content (AvgIpc) is 3.11. The van der Waals surface area contributed by atoms with Gasteiger partial charge in [0.2, 0.25) is 0 Å². The van der Waals surface area contributed by atoms with E-state index in [2.05, 4.69) is 4.98 Å². The fraction of sp³-hybridized carbons (Fsp3) is 0.0588. The molecular weight excluding hydrogens is 342 g/mol. The van der Waals surface area contributed by atoms with Gasteiger partial charge in [0.1, 0.15) is 0 Å². The molecule has 0 N–H and O–H groups in total. The van der Waals surface area contributed by atoms with E-state index in [9.17, 15) is 14.9 Å². The van der Waals surface area contributed by atoms with Crippen LogP contribution in [0.2, 0.25) is 0 Å². The van der Waals surface area contributed by atoms with E-state index in [-0.39, 0.29) is 17.0 Å². The van der Waals surface area contributed by atoms with Crippen molar-refractivity contribution in [2.75, 3.05) is 7.11 Å². The number of benzene rings is 2. The van der Waals surface area contributed by atoms with E-state index in [0.717, 1.165) is 11.0 Å². The summed E-state index contributed by atoms with van der Waals surface area (Å²) in [5.41, 5.74) is 1.73. The smallest absolute Gasteiger partial charge is 0.311 e. The predicted octanol–water partition coefficient (Wildman–Crippen LogP) is 2.37. The molecular formula is C17H11N3O4S. The van der Waals surface area contributed by atoms with Crippen LogP contribution in [0.3, 0.4) is 0 Å². The zero-order valence-electron chi connectivity index (χ0n) is 13.0. The van der Waals surface area contributed by atoms with Crippen molar-refractivity contribution in [3.8, 4) is 5.75 Å². The summed E-state index contributed by atoms with van der Waals surface area (Å²) >= 11 is 1.25. The summed E-state index contributed by atoms with van der Waals surface area (Å²) in [7, 11) is 1.38. The second kappa shape index (κ2) is 5.67. The average molecular weight is 353 g/mol. The molecule has 0 bridgehead atoms. The number of hydrogen-bond donors (Lipinski definition) is 0. The molecule has 4 rings (SSSR count). The number of thiazole rings is 1. The number of ether oxygens (including phenoxy) is 1. The predicted molar refractivity (Wildman–Crippen MR) is 95.3 cm³/mol. The molecule has 0 radical (unpaired) electrons. The lowest BCUT2D eigenvalue weighted by atomic mass is 10.2. The summed E-state index contributed by atoms with van der Waals surface area (Å²) in [5.74, 6) is 0.177. The summed E-state index contributed by atoms with van der Waals surface area (Å²) in [6.45, 7) is 0. The molecule has 0 spiro atoms. The maximum atomic E-state index is 12.7. The maximum Gasteiger partial charge on any atom is 0.311 e. The Morgan fingerprint density at radius 2 is 2.08 bits per heavy atom. The molecule has 8 heteroatoms. The molecule has 4 aromatic rings. The van der Waals surface area contributed by atoms with Gasteiger partial charge in [0.05, 0.1) is 27.6 Å². The molecule has 0 atom stereocenters. The van der Waals surface area contributed by atoms with E-state index in [4.69, 9.17) is 4.74 Å². The minimum atomic E-state index is -0.511. The van der Waals surface area contributed by atoms with Crippen molar-refractivity contribution in [1.82, 2.24) is 9.38 Å². The first-order valence-electron chi connectivity index (χ1n) is 7.32. The van der Waals surface area contributed by atoms with Gasteiger partial charge >= 0.3 is 5.69 Å². The molecule has 2 heterocycles. The Labute approximate surface area is 144 Å². The van der Waals surface area contributed by atoms with Crippen LogP contribution in [0.1, 0.15) is 5.56 Å². The number of methoxy groups -OCH3 is 1. The zero-order chi connectivity index (χ0) is 17.6. The standard InChI is InChI=1S/C17H11N3O4S/c1-24-14-7-6-10(8-13(14)20(22)23)9-15-16(21)19-12-5-3-2-4-11(12)18-17(19)25-15/h2-9H,1H3/b15-9-. The van der Waals surface area contributed by atoms with Gasteiger partial charge in [-0.25, -0.2) is 9.38 Å². The summed E-state index contributed by atoms with van der Waals surface area (Å²) in [5, 5.41) is 11.1. The fourth-order valence-electron chi connectivity index (χ4n) is 2.70. The highest BCUT2D eigenvalue weighted by atomic mass is 32.1. The Balaban J connectivity index is 1.93. The van der Waals surface area contributed by atoms with Gasteiger partial charge in [0, 0.05) is 6.07 Å². The number of imidazole rings is 1. The highest BCUT2D eigenvalue weighted by Gasteiger charge is 2.15. The van der Waals surface area contributed by atoms with Crippen molar-refractivity contribution in [1.29, 1.82) is 0 Å². The monoisotopic (exact) mass is 353 g/mol. The summed E-state index contributed by atoms with van der Waals surface area (Å²) in [6.07, 6.45) is 1.63. The molecule has 0 aliphatic carbocycles. The lowest BCUT2D eigenvalue weighted by molar-refractivity contribution is -0.385. The minimum absolute atomic E-state index is 0.143. The van der Waals surface area contributed by atoms with Crippen molar-refractivity contribution in [2.45, 2.75) is 0 Å². The minimum Gasteiger partial charge on any atom is -0.490 e. The molecule has 2 aromatic carbocycles. The van der Waals surface area contributed by atoms with E-state index in [0.29, 0.717) is 15.1 Å². The van der Waals surface area contributed by atoms with Gasteiger partial charge < -0.3 is 4.74 Å². The first-order valence-corrected chi connectivity index (χ1v) is 8.14. The molecule has 2 aromatic heterocycles. The number of para-hydroxylation sites is 2. The third-order valence-corrected chi connectivity index (χ3v) is 4.81. The third-order valence-electron chi connectivity index (χ3n) is 3.84. The lowest BCUT2D eigenvalue weighted by Gasteiger charge is -2.01. The quantitative estimate of drug-likeness (QED) is 0.417. The Bertz CT molecular complexity index is 1240. The second-order valence-corrected chi connectivity index (χ2v) is 6.33. The number of nitro groups is 1. The van der Waals surface area contributed by atoms with Gasteiger partial charge in [0.15, 0.2) is 10.7 Å². The van der Waals surface area contributed by atoms with Gasteiger partial charge in [-0.15, -0.1) is 0 Å². The van der Waals surface area contributed by atoms with E-state index in [1.54, 1.807) is 16.5 Å². The Morgan fingerprint density at radius 3 is 2.84 bits per heavy atom. The number of fused-ring (bicyclic) bond motifs is 3.